The first-order valence-corrected chi connectivity index (χ1v) is 16.7. The van der Waals surface area contributed by atoms with Crippen LogP contribution in [0.25, 0.3) is 98.8 Å². The lowest BCUT2D eigenvalue weighted by molar-refractivity contribution is 0.670. The molecule has 0 N–H and O–H groups in total. The third kappa shape index (κ3) is 4.33. The molecule has 0 fully saturated rings. The Balaban J connectivity index is 1.36. The highest BCUT2D eigenvalue weighted by Crippen LogP contribution is 2.48. The Hall–Kier alpha value is -6.44. The molecule has 0 bridgehead atoms. The lowest BCUT2D eigenvalue weighted by Crippen LogP contribution is -1.93. The predicted molar refractivity (Wildman–Crippen MR) is 208 cm³/mol. The lowest BCUT2D eigenvalue weighted by Gasteiger charge is -2.20. The number of hydrogen-bond acceptors (Lipinski definition) is 1. The van der Waals surface area contributed by atoms with Crippen LogP contribution < -0.4 is 0 Å². The van der Waals surface area contributed by atoms with E-state index in [2.05, 4.69) is 127 Å². The standard InChI is InChI=1S/C48H30O/c1-3-15-31(16-4-1)35-20-9-10-22-37(35)46-40-25-13-11-23-38(40)45(39-24-12-14-26-41(39)46)34-29-42(32-17-5-2-6-18-32)48-43(30-34)47-36-21-8-7-19-33(36)27-28-44(47)49-48/h1-30H/i27D,28D. The molecule has 1 heteroatoms. The van der Waals surface area contributed by atoms with Crippen LogP contribution in [0.15, 0.2) is 186 Å². The molecule has 10 rings (SSSR count). The summed E-state index contributed by atoms with van der Waals surface area (Å²) in [6, 6.07) is 59.9. The van der Waals surface area contributed by atoms with Crippen molar-refractivity contribution in [2.24, 2.45) is 0 Å². The highest BCUT2D eigenvalue weighted by molar-refractivity contribution is 6.25. The van der Waals surface area contributed by atoms with E-state index < -0.39 is 0 Å². The molecule has 0 aliphatic heterocycles. The molecule has 0 radical (unpaired) electrons. The van der Waals surface area contributed by atoms with Gasteiger partial charge in [-0.25, -0.2) is 0 Å². The smallest absolute Gasteiger partial charge is 0.143 e. The second-order valence-electron chi connectivity index (χ2n) is 12.6. The molecule has 9 aromatic carbocycles. The van der Waals surface area contributed by atoms with Crippen molar-refractivity contribution in [1.82, 2.24) is 0 Å². The summed E-state index contributed by atoms with van der Waals surface area (Å²) in [6.07, 6.45) is 0. The fourth-order valence-corrected chi connectivity index (χ4v) is 7.77. The van der Waals surface area contributed by atoms with Crippen molar-refractivity contribution in [3.05, 3.63) is 182 Å². The van der Waals surface area contributed by atoms with E-state index in [9.17, 15) is 0 Å². The van der Waals surface area contributed by atoms with Crippen LogP contribution >= 0.6 is 0 Å². The summed E-state index contributed by atoms with van der Waals surface area (Å²) < 4.78 is 24.5. The van der Waals surface area contributed by atoms with Crippen LogP contribution in [-0.2, 0) is 0 Å². The summed E-state index contributed by atoms with van der Waals surface area (Å²) in [6.45, 7) is 0. The Kier molecular flexibility index (Phi) is 5.79. The molecule has 0 aliphatic carbocycles. The minimum atomic E-state index is 0.109. The van der Waals surface area contributed by atoms with Crippen LogP contribution in [0.5, 0.6) is 0 Å². The van der Waals surface area contributed by atoms with Crippen molar-refractivity contribution < 1.29 is 7.16 Å². The van der Waals surface area contributed by atoms with Gasteiger partial charge in [-0.05, 0) is 89.4 Å². The Morgan fingerprint density at radius 2 is 0.878 bits per heavy atom. The van der Waals surface area contributed by atoms with Gasteiger partial charge in [0.1, 0.15) is 11.2 Å². The summed E-state index contributed by atoms with van der Waals surface area (Å²) in [5.74, 6) is 0. The fraction of sp³-hybridized carbons (Fsp3) is 0. The number of furan rings is 1. The Morgan fingerprint density at radius 1 is 0.367 bits per heavy atom. The van der Waals surface area contributed by atoms with Crippen LogP contribution in [0.4, 0.5) is 0 Å². The predicted octanol–water partition coefficient (Wildman–Crippen LogP) is 13.7. The molecular weight excluding hydrogens is 593 g/mol. The van der Waals surface area contributed by atoms with Crippen LogP contribution in [0.2, 0.25) is 0 Å². The normalized spacial score (nSPS) is 12.2. The topological polar surface area (TPSA) is 13.1 Å². The van der Waals surface area contributed by atoms with Gasteiger partial charge in [0, 0.05) is 16.3 Å². The first kappa shape index (κ1) is 25.6. The molecule has 0 spiro atoms. The Morgan fingerprint density at radius 3 is 1.53 bits per heavy atom. The number of hydrogen-bond donors (Lipinski definition) is 0. The quantitative estimate of drug-likeness (QED) is 0.178. The number of fused-ring (bicyclic) bond motifs is 7. The van der Waals surface area contributed by atoms with Gasteiger partial charge >= 0.3 is 0 Å². The minimum absolute atomic E-state index is 0.109. The van der Waals surface area contributed by atoms with Crippen LogP contribution in [-0.4, -0.2) is 0 Å². The maximum atomic E-state index is 9.01. The van der Waals surface area contributed by atoms with Gasteiger partial charge in [-0.1, -0.05) is 164 Å². The van der Waals surface area contributed by atoms with E-state index in [4.69, 9.17) is 7.16 Å². The molecule has 1 aromatic heterocycles. The average Bonchev–Trinajstić information content (AvgIpc) is 3.59. The summed E-state index contributed by atoms with van der Waals surface area (Å²) in [5.41, 5.74) is 10.2. The molecule has 0 atom stereocenters. The van der Waals surface area contributed by atoms with Crippen molar-refractivity contribution in [3.63, 3.8) is 0 Å². The first-order chi connectivity index (χ1) is 25.2. The number of rotatable bonds is 4. The lowest BCUT2D eigenvalue weighted by atomic mass is 9.83. The van der Waals surface area contributed by atoms with Gasteiger partial charge in [-0.15, -0.1) is 0 Å². The molecular formula is C48H30O. The van der Waals surface area contributed by atoms with E-state index in [0.717, 1.165) is 49.4 Å². The highest BCUT2D eigenvalue weighted by atomic mass is 16.3. The molecule has 1 nitrogen and oxygen atoms in total. The van der Waals surface area contributed by atoms with Gasteiger partial charge in [0.2, 0.25) is 0 Å². The summed E-state index contributed by atoms with van der Waals surface area (Å²) in [5, 5.41) is 8.20. The van der Waals surface area contributed by atoms with E-state index in [1.54, 1.807) is 0 Å². The van der Waals surface area contributed by atoms with Gasteiger partial charge < -0.3 is 4.42 Å². The molecule has 0 saturated carbocycles. The molecule has 49 heavy (non-hydrogen) atoms. The van der Waals surface area contributed by atoms with Gasteiger partial charge in [0.15, 0.2) is 0 Å². The van der Waals surface area contributed by atoms with Gasteiger partial charge in [-0.2, -0.15) is 0 Å². The van der Waals surface area contributed by atoms with E-state index in [0.29, 0.717) is 5.58 Å². The third-order valence-corrected chi connectivity index (χ3v) is 9.88. The zero-order chi connectivity index (χ0) is 34.1. The van der Waals surface area contributed by atoms with E-state index in [1.165, 1.54) is 43.8 Å². The van der Waals surface area contributed by atoms with Crippen LogP contribution in [0.3, 0.4) is 0 Å². The fourth-order valence-electron chi connectivity index (χ4n) is 7.77. The molecule has 10 aromatic rings. The summed E-state index contributed by atoms with van der Waals surface area (Å²) >= 11 is 0. The zero-order valence-electron chi connectivity index (χ0n) is 28.6. The highest BCUT2D eigenvalue weighted by Gasteiger charge is 2.22. The second-order valence-corrected chi connectivity index (χ2v) is 12.6. The molecule has 0 amide bonds. The summed E-state index contributed by atoms with van der Waals surface area (Å²) in [7, 11) is 0. The van der Waals surface area contributed by atoms with Gasteiger partial charge in [-0.3, -0.25) is 0 Å². The number of benzene rings is 9. The maximum Gasteiger partial charge on any atom is 0.143 e. The Bertz CT molecular complexity index is 2920. The monoisotopic (exact) mass is 624 g/mol. The molecule has 1 heterocycles. The first-order valence-electron chi connectivity index (χ1n) is 17.7. The SMILES string of the molecule is [2H]c1c([2H])c2oc3c(-c4ccccc4)cc(-c4c5ccccc5c(-c5ccccc5-c5ccccc5)c5ccccc45)cc3c2c2ccccc12. The van der Waals surface area contributed by atoms with E-state index in [-0.39, 0.29) is 12.1 Å². The Labute approximate surface area is 287 Å². The minimum Gasteiger partial charge on any atom is -0.455 e. The zero-order valence-corrected chi connectivity index (χ0v) is 26.6. The molecule has 0 saturated heterocycles. The van der Waals surface area contributed by atoms with Crippen molar-refractivity contribution in [1.29, 1.82) is 0 Å². The molecule has 228 valence electrons. The van der Waals surface area contributed by atoms with Gasteiger partial charge in [0.05, 0.1) is 2.74 Å². The largest absolute Gasteiger partial charge is 0.455 e. The summed E-state index contributed by atoms with van der Waals surface area (Å²) in [4.78, 5) is 0. The van der Waals surface area contributed by atoms with Crippen molar-refractivity contribution >= 4 is 54.3 Å². The van der Waals surface area contributed by atoms with Crippen LogP contribution in [0.1, 0.15) is 2.74 Å². The molecule has 0 aliphatic rings. The molecule has 0 unspecified atom stereocenters. The van der Waals surface area contributed by atoms with E-state index >= 15 is 0 Å². The van der Waals surface area contributed by atoms with Crippen molar-refractivity contribution in [2.75, 3.05) is 0 Å². The van der Waals surface area contributed by atoms with E-state index in [1.807, 2.05) is 42.5 Å². The van der Waals surface area contributed by atoms with Crippen molar-refractivity contribution in [2.45, 2.75) is 0 Å². The average molecular weight is 625 g/mol. The van der Waals surface area contributed by atoms with Crippen LogP contribution in [0, 0.1) is 0 Å². The third-order valence-electron chi connectivity index (χ3n) is 9.88. The van der Waals surface area contributed by atoms with Gasteiger partial charge in [0.25, 0.3) is 0 Å². The maximum absolute atomic E-state index is 9.01. The second kappa shape index (κ2) is 11.1. The van der Waals surface area contributed by atoms with Crippen molar-refractivity contribution in [3.8, 4) is 44.5 Å².